The SMILES string of the molecule is CC(C)(C)[N]CC[NH]. The molecule has 0 fully saturated rings. The molecule has 2 heteroatoms. The van der Waals surface area contributed by atoms with Crippen LogP contribution in [0.2, 0.25) is 0 Å². The van der Waals surface area contributed by atoms with E-state index in [4.69, 9.17) is 5.73 Å². The van der Waals surface area contributed by atoms with Gasteiger partial charge < -0.3 is 0 Å². The third-order valence-corrected chi connectivity index (χ3v) is 0.698. The third kappa shape index (κ3) is 5.92. The molecule has 8 heavy (non-hydrogen) atoms. The highest BCUT2D eigenvalue weighted by molar-refractivity contribution is 4.68. The third-order valence-electron chi connectivity index (χ3n) is 0.698. The fraction of sp³-hybridized carbons (Fsp3) is 1.00. The molecule has 1 N–H and O–H groups in total. The van der Waals surface area contributed by atoms with E-state index < -0.39 is 0 Å². The summed E-state index contributed by atoms with van der Waals surface area (Å²) < 4.78 is 0. The molecule has 0 saturated heterocycles. The molecule has 48 valence electrons. The Morgan fingerprint density at radius 2 is 1.88 bits per heavy atom. The number of nitrogens with one attached hydrogen (secondary N) is 1. The molecule has 0 bridgehead atoms. The van der Waals surface area contributed by atoms with Gasteiger partial charge in [-0.1, -0.05) is 0 Å². The van der Waals surface area contributed by atoms with Crippen molar-refractivity contribution in [3.63, 3.8) is 0 Å². The monoisotopic (exact) mass is 114 g/mol. The fourth-order valence-electron chi connectivity index (χ4n) is 0.391. The molecule has 0 aliphatic rings. The Kier molecular flexibility index (Phi) is 3.02. The maximum atomic E-state index is 6.79. The van der Waals surface area contributed by atoms with Crippen LogP contribution in [0.5, 0.6) is 0 Å². The molecule has 0 atom stereocenters. The van der Waals surface area contributed by atoms with Gasteiger partial charge in [-0.3, -0.25) is 5.73 Å². The second-order valence-electron chi connectivity index (χ2n) is 2.80. The topological polar surface area (TPSA) is 37.9 Å². The van der Waals surface area contributed by atoms with Crippen LogP contribution in [0.1, 0.15) is 20.8 Å². The highest BCUT2D eigenvalue weighted by Gasteiger charge is 2.07. The van der Waals surface area contributed by atoms with Crippen LogP contribution in [0.15, 0.2) is 0 Å². The summed E-state index contributed by atoms with van der Waals surface area (Å²) in [5, 5.41) is 4.19. The predicted octanol–water partition coefficient (Wildman–Crippen LogP) is 0.672. The van der Waals surface area contributed by atoms with E-state index in [2.05, 4.69) is 5.32 Å². The van der Waals surface area contributed by atoms with Gasteiger partial charge in [0.25, 0.3) is 0 Å². The average molecular weight is 114 g/mol. The van der Waals surface area contributed by atoms with Crippen LogP contribution in [0.3, 0.4) is 0 Å². The van der Waals surface area contributed by atoms with Crippen LogP contribution in [-0.2, 0) is 0 Å². The van der Waals surface area contributed by atoms with E-state index in [-0.39, 0.29) is 5.54 Å². The number of hydrogen-bond donors (Lipinski definition) is 0. The van der Waals surface area contributed by atoms with Gasteiger partial charge in [0.1, 0.15) is 0 Å². The maximum absolute atomic E-state index is 6.79. The van der Waals surface area contributed by atoms with Crippen LogP contribution in [0.4, 0.5) is 0 Å². The van der Waals surface area contributed by atoms with Crippen LogP contribution in [-0.4, -0.2) is 18.6 Å². The molecule has 0 aromatic carbocycles. The Hall–Kier alpha value is -0.0800. The van der Waals surface area contributed by atoms with Gasteiger partial charge >= 0.3 is 0 Å². The summed E-state index contributed by atoms with van der Waals surface area (Å²) >= 11 is 0. The van der Waals surface area contributed by atoms with Crippen molar-refractivity contribution in [2.24, 2.45) is 0 Å². The highest BCUT2D eigenvalue weighted by Crippen LogP contribution is 1.98. The van der Waals surface area contributed by atoms with Gasteiger partial charge in [0.15, 0.2) is 0 Å². The lowest BCUT2D eigenvalue weighted by atomic mass is 10.1. The molecule has 0 saturated carbocycles. The fourth-order valence-corrected chi connectivity index (χ4v) is 0.391. The molecule has 0 rings (SSSR count). The molecule has 2 radical (unpaired) electrons. The van der Waals surface area contributed by atoms with Gasteiger partial charge in [-0.25, -0.2) is 5.32 Å². The first-order valence-corrected chi connectivity index (χ1v) is 2.89. The Balaban J connectivity index is 3.11. The number of hydrogen-bond acceptors (Lipinski definition) is 0. The summed E-state index contributed by atoms with van der Waals surface area (Å²) in [7, 11) is 0. The molecular formula is C6H14N2. The summed E-state index contributed by atoms with van der Waals surface area (Å²) in [4.78, 5) is 0. The molecule has 0 heterocycles. The zero-order chi connectivity index (χ0) is 6.62. The van der Waals surface area contributed by atoms with E-state index in [1.54, 1.807) is 0 Å². The Bertz CT molecular complexity index is 54.0. The number of nitrogens with zero attached hydrogens (tertiary/aromatic N) is 1. The molecule has 0 unspecified atom stereocenters. The number of rotatable bonds is 2. The molecular weight excluding hydrogens is 100 g/mol. The van der Waals surface area contributed by atoms with Gasteiger partial charge in [0.05, 0.1) is 0 Å². The van der Waals surface area contributed by atoms with E-state index in [0.29, 0.717) is 13.1 Å². The Morgan fingerprint density at radius 1 is 1.38 bits per heavy atom. The van der Waals surface area contributed by atoms with Crippen molar-refractivity contribution in [2.75, 3.05) is 13.1 Å². The van der Waals surface area contributed by atoms with Crippen molar-refractivity contribution in [3.05, 3.63) is 0 Å². The second-order valence-corrected chi connectivity index (χ2v) is 2.80. The van der Waals surface area contributed by atoms with Crippen molar-refractivity contribution in [3.8, 4) is 0 Å². The van der Waals surface area contributed by atoms with Gasteiger partial charge in [0, 0.05) is 18.6 Å². The van der Waals surface area contributed by atoms with Crippen LogP contribution in [0, 0.1) is 0 Å². The quantitative estimate of drug-likeness (QED) is 0.506. The zero-order valence-electron chi connectivity index (χ0n) is 5.86. The summed E-state index contributed by atoms with van der Waals surface area (Å²) in [5.41, 5.74) is 6.85. The first-order chi connectivity index (χ1) is 3.56. The maximum Gasteiger partial charge on any atom is 0.0278 e. The standard InChI is InChI=1S/C6H14N2/c1-6(2,3)8-5-4-7/h7H,4-5H2,1-3H3. The molecule has 0 amide bonds. The molecule has 0 aliphatic carbocycles. The Morgan fingerprint density at radius 3 is 2.00 bits per heavy atom. The van der Waals surface area contributed by atoms with E-state index in [9.17, 15) is 0 Å². The molecule has 0 aliphatic heterocycles. The molecule has 0 aromatic heterocycles. The van der Waals surface area contributed by atoms with Crippen molar-refractivity contribution >= 4 is 0 Å². The highest BCUT2D eigenvalue weighted by atomic mass is 14.9. The molecule has 0 aromatic rings. The molecule has 0 spiro atoms. The van der Waals surface area contributed by atoms with Crippen LogP contribution in [0.25, 0.3) is 0 Å². The molecule has 2 nitrogen and oxygen atoms in total. The summed E-state index contributed by atoms with van der Waals surface area (Å²) in [6, 6.07) is 0. The lowest BCUT2D eigenvalue weighted by Crippen LogP contribution is -2.30. The van der Waals surface area contributed by atoms with Crippen molar-refractivity contribution < 1.29 is 0 Å². The smallest absolute Gasteiger partial charge is 0.0278 e. The zero-order valence-corrected chi connectivity index (χ0v) is 5.86. The van der Waals surface area contributed by atoms with E-state index in [1.807, 2.05) is 20.8 Å². The normalized spacial score (nSPS) is 12.0. The van der Waals surface area contributed by atoms with Crippen molar-refractivity contribution in [1.29, 1.82) is 0 Å². The van der Waals surface area contributed by atoms with Crippen molar-refractivity contribution in [2.45, 2.75) is 26.3 Å². The first kappa shape index (κ1) is 7.92. The largest absolute Gasteiger partial charge is 0.256 e. The summed E-state index contributed by atoms with van der Waals surface area (Å²) in [6.45, 7) is 7.22. The second kappa shape index (κ2) is 3.05. The lowest BCUT2D eigenvalue weighted by molar-refractivity contribution is 0.421. The van der Waals surface area contributed by atoms with Crippen LogP contribution < -0.4 is 11.1 Å². The minimum Gasteiger partial charge on any atom is -0.256 e. The van der Waals surface area contributed by atoms with Crippen LogP contribution >= 0.6 is 0 Å². The van der Waals surface area contributed by atoms with E-state index in [1.165, 1.54) is 0 Å². The minimum atomic E-state index is 0.0566. The lowest BCUT2D eigenvalue weighted by Gasteiger charge is -2.16. The van der Waals surface area contributed by atoms with Gasteiger partial charge in [-0.05, 0) is 20.8 Å². The van der Waals surface area contributed by atoms with Gasteiger partial charge in [-0.2, -0.15) is 0 Å². The van der Waals surface area contributed by atoms with Gasteiger partial charge in [0.2, 0.25) is 0 Å². The van der Waals surface area contributed by atoms with Gasteiger partial charge in [-0.15, -0.1) is 0 Å². The van der Waals surface area contributed by atoms with E-state index in [0.717, 1.165) is 0 Å². The van der Waals surface area contributed by atoms with Crippen molar-refractivity contribution in [1.82, 2.24) is 11.1 Å². The summed E-state index contributed by atoms with van der Waals surface area (Å²) in [5.74, 6) is 0. The Labute approximate surface area is 51.5 Å². The first-order valence-electron chi connectivity index (χ1n) is 2.89. The predicted molar refractivity (Wildman–Crippen MR) is 34.7 cm³/mol. The average Bonchev–Trinajstić information content (AvgIpc) is 1.59. The summed E-state index contributed by atoms with van der Waals surface area (Å²) in [6.07, 6.45) is 0. The minimum absolute atomic E-state index is 0.0566. The van der Waals surface area contributed by atoms with E-state index >= 15 is 0 Å².